The molecule has 0 atom stereocenters. The first kappa shape index (κ1) is 12.6. The topological polar surface area (TPSA) is 15.3 Å². The highest BCUT2D eigenvalue weighted by Gasteiger charge is 2.15. The number of hydrogen-bond donors (Lipinski definition) is 1. The van der Waals surface area contributed by atoms with E-state index in [9.17, 15) is 0 Å². The molecule has 1 fully saturated rings. The number of likely N-dealkylation sites (tertiary alicyclic amines) is 1. The van der Waals surface area contributed by atoms with Gasteiger partial charge in [-0.2, -0.15) is 0 Å². The molecule has 0 saturated carbocycles. The second-order valence-electron chi connectivity index (χ2n) is 5.36. The average Bonchev–Trinajstić information content (AvgIpc) is 2.34. The predicted molar refractivity (Wildman–Crippen MR) is 73.1 cm³/mol. The molecular weight excluding hydrogens is 208 g/mol. The minimum absolute atomic E-state index is 0.872. The second-order valence-corrected chi connectivity index (χ2v) is 5.36. The van der Waals surface area contributed by atoms with Gasteiger partial charge in [0.15, 0.2) is 0 Å². The molecule has 0 spiro atoms. The third-order valence-corrected chi connectivity index (χ3v) is 3.72. The zero-order chi connectivity index (χ0) is 12.1. The van der Waals surface area contributed by atoms with E-state index in [2.05, 4.69) is 48.5 Å². The van der Waals surface area contributed by atoms with E-state index in [1.54, 1.807) is 0 Å². The van der Waals surface area contributed by atoms with E-state index < -0.39 is 0 Å². The van der Waals surface area contributed by atoms with Gasteiger partial charge >= 0.3 is 0 Å². The summed E-state index contributed by atoms with van der Waals surface area (Å²) in [4.78, 5) is 2.43. The van der Waals surface area contributed by atoms with Gasteiger partial charge < -0.3 is 10.2 Å². The molecule has 1 N–H and O–H groups in total. The fraction of sp³-hybridized carbons (Fsp3) is 0.600. The molecule has 2 nitrogen and oxygen atoms in total. The minimum atomic E-state index is 0.872. The summed E-state index contributed by atoms with van der Waals surface area (Å²) in [6.45, 7) is 6.83. The van der Waals surface area contributed by atoms with Crippen LogP contribution in [0.3, 0.4) is 0 Å². The Kier molecular flexibility index (Phi) is 4.57. The van der Waals surface area contributed by atoms with Crippen molar-refractivity contribution in [2.24, 2.45) is 5.92 Å². The second kappa shape index (κ2) is 6.18. The molecule has 1 aliphatic rings. The van der Waals surface area contributed by atoms with Gasteiger partial charge in [0.05, 0.1) is 0 Å². The summed E-state index contributed by atoms with van der Waals surface area (Å²) in [5.41, 5.74) is 2.73. The van der Waals surface area contributed by atoms with Gasteiger partial charge in [0, 0.05) is 6.54 Å². The average molecular weight is 232 g/mol. The third kappa shape index (κ3) is 4.14. The lowest BCUT2D eigenvalue weighted by Gasteiger charge is -2.29. The Hall–Kier alpha value is -0.860. The van der Waals surface area contributed by atoms with Gasteiger partial charge in [-0.05, 0) is 57.9 Å². The molecule has 0 aliphatic carbocycles. The normalized spacial score (nSPS) is 18.5. The molecule has 0 bridgehead atoms. The highest BCUT2D eigenvalue weighted by atomic mass is 15.1. The van der Waals surface area contributed by atoms with Crippen LogP contribution < -0.4 is 5.32 Å². The number of benzene rings is 1. The van der Waals surface area contributed by atoms with Crippen LogP contribution in [-0.2, 0) is 6.54 Å². The predicted octanol–water partition coefficient (Wildman–Crippen LogP) is 2.43. The zero-order valence-corrected chi connectivity index (χ0v) is 11.1. The smallest absolute Gasteiger partial charge is 0.0205 e. The maximum absolute atomic E-state index is 3.59. The highest BCUT2D eigenvalue weighted by Crippen LogP contribution is 2.14. The van der Waals surface area contributed by atoms with Crippen molar-refractivity contribution in [3.63, 3.8) is 0 Å². The van der Waals surface area contributed by atoms with Gasteiger partial charge in [-0.25, -0.2) is 0 Å². The zero-order valence-electron chi connectivity index (χ0n) is 11.1. The van der Waals surface area contributed by atoms with E-state index in [0.29, 0.717) is 0 Å². The van der Waals surface area contributed by atoms with E-state index in [1.807, 2.05) is 0 Å². The molecule has 2 heteroatoms. The Morgan fingerprint density at radius 1 is 1.18 bits per heavy atom. The van der Waals surface area contributed by atoms with Gasteiger partial charge in [0.1, 0.15) is 0 Å². The standard InChI is InChI=1S/C15H24N2/c1-13-3-5-14(6-4-13)11-16-12-15-7-9-17(2)10-8-15/h3-6,15-16H,7-12H2,1-2H3. The highest BCUT2D eigenvalue weighted by molar-refractivity contribution is 5.21. The first-order chi connectivity index (χ1) is 8.24. The summed E-state index contributed by atoms with van der Waals surface area (Å²) >= 11 is 0. The Labute approximate surface area is 105 Å². The maximum Gasteiger partial charge on any atom is 0.0205 e. The summed E-state index contributed by atoms with van der Waals surface area (Å²) in [6, 6.07) is 8.81. The van der Waals surface area contributed by atoms with Crippen molar-refractivity contribution < 1.29 is 0 Å². The van der Waals surface area contributed by atoms with E-state index in [0.717, 1.165) is 12.5 Å². The fourth-order valence-electron chi connectivity index (χ4n) is 2.39. The van der Waals surface area contributed by atoms with Crippen molar-refractivity contribution in [2.45, 2.75) is 26.3 Å². The maximum atomic E-state index is 3.59. The molecule has 0 amide bonds. The summed E-state index contributed by atoms with van der Waals surface area (Å²) in [7, 11) is 2.22. The molecule has 1 aromatic rings. The van der Waals surface area contributed by atoms with E-state index >= 15 is 0 Å². The van der Waals surface area contributed by atoms with Crippen LogP contribution in [0.15, 0.2) is 24.3 Å². The Morgan fingerprint density at radius 2 is 1.82 bits per heavy atom. The van der Waals surface area contributed by atoms with Crippen molar-refractivity contribution in [2.75, 3.05) is 26.7 Å². The number of piperidine rings is 1. The van der Waals surface area contributed by atoms with Crippen LogP contribution in [0.2, 0.25) is 0 Å². The molecule has 0 aromatic heterocycles. The number of hydrogen-bond acceptors (Lipinski definition) is 2. The van der Waals surface area contributed by atoms with Crippen LogP contribution in [0.25, 0.3) is 0 Å². The lowest BCUT2D eigenvalue weighted by atomic mass is 9.97. The van der Waals surface area contributed by atoms with Crippen molar-refractivity contribution >= 4 is 0 Å². The molecule has 0 unspecified atom stereocenters. The fourth-order valence-corrected chi connectivity index (χ4v) is 2.39. The first-order valence-electron chi connectivity index (χ1n) is 6.69. The first-order valence-corrected chi connectivity index (χ1v) is 6.69. The van der Waals surface area contributed by atoms with Crippen molar-refractivity contribution in [1.82, 2.24) is 10.2 Å². The SMILES string of the molecule is Cc1ccc(CNCC2CCN(C)CC2)cc1. The molecule has 0 radical (unpaired) electrons. The van der Waals surface area contributed by atoms with Crippen LogP contribution in [0.1, 0.15) is 24.0 Å². The van der Waals surface area contributed by atoms with Crippen LogP contribution >= 0.6 is 0 Å². The molecule has 1 heterocycles. The Balaban J connectivity index is 1.67. The molecule has 1 aromatic carbocycles. The molecular formula is C15H24N2. The number of nitrogens with zero attached hydrogens (tertiary/aromatic N) is 1. The number of rotatable bonds is 4. The summed E-state index contributed by atoms with van der Waals surface area (Å²) in [5.74, 6) is 0.872. The van der Waals surface area contributed by atoms with Gasteiger partial charge in [0.2, 0.25) is 0 Å². The van der Waals surface area contributed by atoms with Crippen LogP contribution in [0.4, 0.5) is 0 Å². The van der Waals surface area contributed by atoms with Gasteiger partial charge in [-0.15, -0.1) is 0 Å². The van der Waals surface area contributed by atoms with Gasteiger partial charge in [0.25, 0.3) is 0 Å². The van der Waals surface area contributed by atoms with Gasteiger partial charge in [-0.1, -0.05) is 29.8 Å². The Morgan fingerprint density at radius 3 is 2.47 bits per heavy atom. The van der Waals surface area contributed by atoms with Crippen LogP contribution in [-0.4, -0.2) is 31.6 Å². The summed E-state index contributed by atoms with van der Waals surface area (Å²) in [5, 5.41) is 3.59. The Bertz CT molecular complexity index is 323. The van der Waals surface area contributed by atoms with Crippen LogP contribution in [0.5, 0.6) is 0 Å². The van der Waals surface area contributed by atoms with E-state index in [-0.39, 0.29) is 0 Å². The summed E-state index contributed by atoms with van der Waals surface area (Å²) in [6.07, 6.45) is 2.69. The number of nitrogens with one attached hydrogen (secondary N) is 1. The minimum Gasteiger partial charge on any atom is -0.312 e. The molecule has 17 heavy (non-hydrogen) atoms. The lowest BCUT2D eigenvalue weighted by molar-refractivity contribution is 0.216. The molecule has 94 valence electrons. The van der Waals surface area contributed by atoms with Crippen LogP contribution in [0, 0.1) is 12.8 Å². The molecule has 1 aliphatic heterocycles. The summed E-state index contributed by atoms with van der Waals surface area (Å²) < 4.78 is 0. The van der Waals surface area contributed by atoms with Crippen molar-refractivity contribution in [1.29, 1.82) is 0 Å². The third-order valence-electron chi connectivity index (χ3n) is 3.72. The number of aryl methyl sites for hydroxylation is 1. The van der Waals surface area contributed by atoms with Gasteiger partial charge in [-0.3, -0.25) is 0 Å². The van der Waals surface area contributed by atoms with E-state index in [4.69, 9.17) is 0 Å². The lowest BCUT2D eigenvalue weighted by Crippen LogP contribution is -2.34. The molecule has 1 saturated heterocycles. The quantitative estimate of drug-likeness (QED) is 0.857. The van der Waals surface area contributed by atoms with E-state index in [1.165, 1.54) is 43.6 Å². The monoisotopic (exact) mass is 232 g/mol. The van der Waals surface area contributed by atoms with Crippen molar-refractivity contribution in [3.05, 3.63) is 35.4 Å². The molecule has 2 rings (SSSR count). The largest absolute Gasteiger partial charge is 0.312 e. The van der Waals surface area contributed by atoms with Crippen molar-refractivity contribution in [3.8, 4) is 0 Å².